The fourth-order valence-corrected chi connectivity index (χ4v) is 2.52. The van der Waals surface area contributed by atoms with Crippen molar-refractivity contribution in [1.29, 1.82) is 0 Å². The van der Waals surface area contributed by atoms with Crippen LogP contribution in [0.2, 0.25) is 0 Å². The van der Waals surface area contributed by atoms with Gasteiger partial charge in [0.05, 0.1) is 13.3 Å². The van der Waals surface area contributed by atoms with E-state index >= 15 is 0 Å². The van der Waals surface area contributed by atoms with Crippen molar-refractivity contribution in [3.63, 3.8) is 0 Å². The quantitative estimate of drug-likeness (QED) is 0.613. The standard InChI is InChI=1S/C17H13F6NO3/c1-25-14-7-10(27-17(21,22)23)4-5-13(14)26-11-6-12(9-2-3-9)15(24-8-11)16(18,19)20/h4-9H,2-3H2,1H3. The molecule has 0 spiro atoms. The second kappa shape index (κ2) is 6.82. The highest BCUT2D eigenvalue weighted by Gasteiger charge is 2.40. The summed E-state index contributed by atoms with van der Waals surface area (Å²) in [6.07, 6.45) is -7.29. The van der Waals surface area contributed by atoms with Crippen LogP contribution in [0.4, 0.5) is 26.3 Å². The third-order valence-corrected chi connectivity index (χ3v) is 3.77. The molecule has 1 aliphatic carbocycles. The lowest BCUT2D eigenvalue weighted by atomic mass is 10.1. The van der Waals surface area contributed by atoms with E-state index in [-0.39, 0.29) is 28.7 Å². The molecule has 1 saturated carbocycles. The fourth-order valence-electron chi connectivity index (χ4n) is 2.52. The lowest BCUT2D eigenvalue weighted by Crippen LogP contribution is -2.17. The summed E-state index contributed by atoms with van der Waals surface area (Å²) in [5, 5.41) is 0. The van der Waals surface area contributed by atoms with Gasteiger partial charge >= 0.3 is 12.5 Å². The molecule has 0 bridgehead atoms. The fraction of sp³-hybridized carbons (Fsp3) is 0.353. The van der Waals surface area contributed by atoms with Crippen molar-refractivity contribution < 1.29 is 40.6 Å². The molecule has 0 aliphatic heterocycles. The monoisotopic (exact) mass is 393 g/mol. The number of nitrogens with zero attached hydrogens (tertiary/aromatic N) is 1. The van der Waals surface area contributed by atoms with Crippen molar-refractivity contribution in [3.8, 4) is 23.0 Å². The van der Waals surface area contributed by atoms with E-state index in [2.05, 4.69) is 9.72 Å². The Morgan fingerprint density at radius 1 is 0.963 bits per heavy atom. The van der Waals surface area contributed by atoms with E-state index in [1.807, 2.05) is 0 Å². The number of alkyl halides is 6. The van der Waals surface area contributed by atoms with Gasteiger partial charge in [0.25, 0.3) is 0 Å². The average molecular weight is 393 g/mol. The van der Waals surface area contributed by atoms with E-state index in [1.54, 1.807) is 0 Å². The van der Waals surface area contributed by atoms with Crippen LogP contribution in [0.25, 0.3) is 0 Å². The number of benzene rings is 1. The van der Waals surface area contributed by atoms with Gasteiger partial charge in [-0.05, 0) is 42.5 Å². The topological polar surface area (TPSA) is 40.6 Å². The van der Waals surface area contributed by atoms with Crippen molar-refractivity contribution in [1.82, 2.24) is 4.98 Å². The van der Waals surface area contributed by atoms with Crippen LogP contribution in [0, 0.1) is 0 Å². The first-order chi connectivity index (χ1) is 12.6. The first-order valence-electron chi connectivity index (χ1n) is 7.75. The molecule has 1 heterocycles. The van der Waals surface area contributed by atoms with E-state index in [1.165, 1.54) is 13.2 Å². The van der Waals surface area contributed by atoms with E-state index in [0.717, 1.165) is 24.4 Å². The van der Waals surface area contributed by atoms with Crippen molar-refractivity contribution in [2.24, 2.45) is 0 Å². The van der Waals surface area contributed by atoms with Crippen LogP contribution in [0.1, 0.15) is 30.0 Å². The van der Waals surface area contributed by atoms with Gasteiger partial charge in [-0.25, -0.2) is 4.98 Å². The molecule has 3 rings (SSSR count). The highest BCUT2D eigenvalue weighted by Crippen LogP contribution is 2.46. The number of methoxy groups -OCH3 is 1. The third-order valence-electron chi connectivity index (χ3n) is 3.77. The smallest absolute Gasteiger partial charge is 0.493 e. The second-order valence-corrected chi connectivity index (χ2v) is 5.84. The number of rotatable bonds is 5. The van der Waals surface area contributed by atoms with Crippen LogP contribution < -0.4 is 14.2 Å². The first-order valence-corrected chi connectivity index (χ1v) is 7.75. The molecule has 27 heavy (non-hydrogen) atoms. The number of ether oxygens (including phenoxy) is 3. The van der Waals surface area contributed by atoms with Crippen LogP contribution in [-0.2, 0) is 6.18 Å². The molecule has 2 aromatic rings. The summed E-state index contributed by atoms with van der Waals surface area (Å²) in [5.41, 5.74) is -0.922. The number of pyridine rings is 1. The summed E-state index contributed by atoms with van der Waals surface area (Å²) in [6, 6.07) is 4.37. The predicted molar refractivity (Wildman–Crippen MR) is 81.0 cm³/mol. The van der Waals surface area contributed by atoms with E-state index in [9.17, 15) is 26.3 Å². The third kappa shape index (κ3) is 4.75. The summed E-state index contributed by atoms with van der Waals surface area (Å²) in [4.78, 5) is 3.46. The largest absolute Gasteiger partial charge is 0.573 e. The molecule has 1 aliphatic rings. The zero-order valence-corrected chi connectivity index (χ0v) is 13.8. The van der Waals surface area contributed by atoms with E-state index in [4.69, 9.17) is 9.47 Å². The molecule has 0 N–H and O–H groups in total. The van der Waals surface area contributed by atoms with Crippen LogP contribution >= 0.6 is 0 Å². The lowest BCUT2D eigenvalue weighted by Gasteiger charge is -2.15. The Balaban J connectivity index is 1.88. The summed E-state index contributed by atoms with van der Waals surface area (Å²) < 4.78 is 90.3. The Morgan fingerprint density at radius 2 is 1.67 bits per heavy atom. The van der Waals surface area contributed by atoms with Crippen LogP contribution in [0.3, 0.4) is 0 Å². The van der Waals surface area contributed by atoms with Gasteiger partial charge in [-0.1, -0.05) is 0 Å². The van der Waals surface area contributed by atoms with Crippen molar-refractivity contribution >= 4 is 0 Å². The number of hydrogen-bond acceptors (Lipinski definition) is 4. The molecule has 0 amide bonds. The summed E-state index contributed by atoms with van der Waals surface area (Å²) >= 11 is 0. The number of halogens is 6. The van der Waals surface area contributed by atoms with Gasteiger partial charge in [0.1, 0.15) is 17.2 Å². The maximum Gasteiger partial charge on any atom is 0.573 e. The van der Waals surface area contributed by atoms with E-state index < -0.39 is 24.0 Å². The molecule has 1 aromatic heterocycles. The zero-order chi connectivity index (χ0) is 19.8. The molecule has 0 atom stereocenters. The summed E-state index contributed by atoms with van der Waals surface area (Å²) in [6.45, 7) is 0. The molecular formula is C17H13F6NO3. The Labute approximate surface area is 149 Å². The minimum absolute atomic E-state index is 0.00956. The summed E-state index contributed by atoms with van der Waals surface area (Å²) in [5.74, 6) is -0.800. The van der Waals surface area contributed by atoms with Gasteiger partial charge in [-0.3, -0.25) is 0 Å². The van der Waals surface area contributed by atoms with Crippen molar-refractivity contribution in [2.45, 2.75) is 31.3 Å². The van der Waals surface area contributed by atoms with Gasteiger partial charge in [-0.2, -0.15) is 13.2 Å². The van der Waals surface area contributed by atoms with Gasteiger partial charge in [0.15, 0.2) is 11.5 Å². The van der Waals surface area contributed by atoms with Crippen molar-refractivity contribution in [3.05, 3.63) is 41.7 Å². The Morgan fingerprint density at radius 3 is 2.22 bits per heavy atom. The zero-order valence-electron chi connectivity index (χ0n) is 13.8. The molecule has 0 radical (unpaired) electrons. The second-order valence-electron chi connectivity index (χ2n) is 5.84. The minimum Gasteiger partial charge on any atom is -0.493 e. The Hall–Kier alpha value is -2.65. The SMILES string of the molecule is COc1cc(OC(F)(F)F)ccc1Oc1cnc(C(F)(F)F)c(C2CC2)c1. The predicted octanol–water partition coefficient (Wildman–Crippen LogP) is 5.68. The highest BCUT2D eigenvalue weighted by molar-refractivity contribution is 5.48. The normalized spacial score (nSPS) is 14.8. The van der Waals surface area contributed by atoms with Gasteiger partial charge in [0, 0.05) is 6.07 Å². The van der Waals surface area contributed by atoms with Gasteiger partial charge in [-0.15, -0.1) is 13.2 Å². The van der Waals surface area contributed by atoms with E-state index in [0.29, 0.717) is 12.8 Å². The molecular weight excluding hydrogens is 380 g/mol. The molecule has 1 aromatic carbocycles. The molecule has 146 valence electrons. The highest BCUT2D eigenvalue weighted by atomic mass is 19.4. The van der Waals surface area contributed by atoms with Gasteiger partial charge in [0.2, 0.25) is 0 Å². The molecule has 4 nitrogen and oxygen atoms in total. The first kappa shape index (κ1) is 19.1. The minimum atomic E-state index is -4.87. The molecule has 1 fully saturated rings. The number of hydrogen-bond donors (Lipinski definition) is 0. The average Bonchev–Trinajstić information content (AvgIpc) is 3.38. The maximum absolute atomic E-state index is 13.1. The maximum atomic E-state index is 13.1. The molecule has 0 saturated heterocycles. The number of aromatic nitrogens is 1. The molecule has 0 unspecified atom stereocenters. The summed E-state index contributed by atoms with van der Waals surface area (Å²) in [7, 11) is 1.21. The van der Waals surface area contributed by atoms with Crippen LogP contribution in [0.5, 0.6) is 23.0 Å². The van der Waals surface area contributed by atoms with Crippen molar-refractivity contribution in [2.75, 3.05) is 7.11 Å². The Kier molecular flexibility index (Phi) is 4.83. The molecule has 10 heteroatoms. The van der Waals surface area contributed by atoms with Gasteiger partial charge < -0.3 is 14.2 Å². The van der Waals surface area contributed by atoms with Crippen LogP contribution in [0.15, 0.2) is 30.5 Å². The Bertz CT molecular complexity index is 830. The lowest BCUT2D eigenvalue weighted by molar-refractivity contribution is -0.274. The van der Waals surface area contributed by atoms with Crippen LogP contribution in [-0.4, -0.2) is 18.5 Å².